The van der Waals surface area contributed by atoms with Gasteiger partial charge < -0.3 is 15.4 Å². The summed E-state index contributed by atoms with van der Waals surface area (Å²) in [5.74, 6) is 0.0576. The summed E-state index contributed by atoms with van der Waals surface area (Å²) in [4.78, 5) is 12.2. The minimum atomic E-state index is -3.71. The summed E-state index contributed by atoms with van der Waals surface area (Å²) in [5.41, 5.74) is 0.368. The maximum atomic E-state index is 12.4. The number of carbonyl (C=O) groups excluding carboxylic acids is 1. The zero-order valence-corrected chi connectivity index (χ0v) is 17.8. The van der Waals surface area contributed by atoms with E-state index in [2.05, 4.69) is 20.8 Å². The molecule has 2 N–H and O–H groups in total. The van der Waals surface area contributed by atoms with Crippen molar-refractivity contribution in [3.05, 3.63) is 18.2 Å². The number of thioether (sulfide) groups is 1. The lowest BCUT2D eigenvalue weighted by atomic mass is 10.3. The lowest BCUT2D eigenvalue weighted by Gasteiger charge is -2.15. The average Bonchev–Trinajstić information content (AvgIpc) is 3.07. The highest BCUT2D eigenvalue weighted by Crippen LogP contribution is 2.29. The molecule has 0 radical (unpaired) electrons. The number of rotatable bonds is 9. The van der Waals surface area contributed by atoms with Gasteiger partial charge in [-0.1, -0.05) is 23.1 Å². The predicted molar refractivity (Wildman–Crippen MR) is 107 cm³/mol. The zero-order valence-electron chi connectivity index (χ0n) is 15.3. The van der Waals surface area contributed by atoms with Crippen LogP contribution in [-0.2, 0) is 14.8 Å². The van der Waals surface area contributed by atoms with Crippen molar-refractivity contribution in [1.82, 2.24) is 14.5 Å². The van der Waals surface area contributed by atoms with Crippen LogP contribution < -0.4 is 15.4 Å². The fourth-order valence-corrected chi connectivity index (χ4v) is 4.66. The van der Waals surface area contributed by atoms with Gasteiger partial charge in [-0.05, 0) is 25.1 Å². The van der Waals surface area contributed by atoms with E-state index in [0.717, 1.165) is 10.8 Å². The Hall–Kier alpha value is -1.89. The van der Waals surface area contributed by atoms with E-state index in [0.29, 0.717) is 15.2 Å². The van der Waals surface area contributed by atoms with E-state index in [-0.39, 0.29) is 22.3 Å². The van der Waals surface area contributed by atoms with E-state index in [9.17, 15) is 13.2 Å². The molecule has 1 aromatic heterocycles. The third-order valence-electron chi connectivity index (χ3n) is 3.27. The number of nitrogens with zero attached hydrogens (tertiary/aromatic N) is 3. The standard InChI is InChI=1S/C15H21N5O4S3/c1-5-16-14-18-19-15(26-14)25-9-13(21)17-10-6-7-11(24-4)12(8-10)27(22,23)20(2)3/h6-8H,5,9H2,1-4H3,(H,16,18)(H,17,21). The number of hydrogen-bond donors (Lipinski definition) is 2. The van der Waals surface area contributed by atoms with Gasteiger partial charge in [-0.25, -0.2) is 12.7 Å². The molecule has 2 rings (SSSR count). The maximum Gasteiger partial charge on any atom is 0.246 e. The van der Waals surface area contributed by atoms with Crippen LogP contribution in [0.1, 0.15) is 6.92 Å². The largest absolute Gasteiger partial charge is 0.495 e. The number of sulfonamides is 1. The quantitative estimate of drug-likeness (QED) is 0.579. The molecule has 0 saturated carbocycles. The van der Waals surface area contributed by atoms with Gasteiger partial charge in [0.25, 0.3) is 0 Å². The molecular weight excluding hydrogens is 410 g/mol. The van der Waals surface area contributed by atoms with Crippen molar-refractivity contribution in [3.8, 4) is 5.75 Å². The predicted octanol–water partition coefficient (Wildman–Crippen LogP) is 1.96. The first kappa shape index (κ1) is 21.4. The van der Waals surface area contributed by atoms with Crippen LogP contribution in [0.2, 0.25) is 0 Å². The highest BCUT2D eigenvalue weighted by molar-refractivity contribution is 8.01. The van der Waals surface area contributed by atoms with Gasteiger partial charge in [0.1, 0.15) is 10.6 Å². The molecule has 1 heterocycles. The Balaban J connectivity index is 2.06. The highest BCUT2D eigenvalue weighted by atomic mass is 32.2. The number of hydrogen-bond acceptors (Lipinski definition) is 9. The molecule has 0 saturated heterocycles. The summed E-state index contributed by atoms with van der Waals surface area (Å²) < 4.78 is 31.7. The number of methoxy groups -OCH3 is 1. The Bertz CT molecular complexity index is 899. The Morgan fingerprint density at radius 2 is 2.07 bits per heavy atom. The fourth-order valence-electron chi connectivity index (χ4n) is 1.97. The maximum absolute atomic E-state index is 12.4. The van der Waals surface area contributed by atoms with E-state index in [1.165, 1.54) is 56.4 Å². The van der Waals surface area contributed by atoms with Crippen molar-refractivity contribution >= 4 is 49.8 Å². The number of benzene rings is 1. The van der Waals surface area contributed by atoms with Gasteiger partial charge in [-0.2, -0.15) is 0 Å². The number of ether oxygens (including phenoxy) is 1. The Morgan fingerprint density at radius 3 is 2.70 bits per heavy atom. The summed E-state index contributed by atoms with van der Waals surface area (Å²) in [6.07, 6.45) is 0. The van der Waals surface area contributed by atoms with Crippen molar-refractivity contribution in [2.24, 2.45) is 0 Å². The molecule has 1 aromatic carbocycles. The summed E-state index contributed by atoms with van der Waals surface area (Å²) in [7, 11) is 0.546. The van der Waals surface area contributed by atoms with Gasteiger partial charge in [-0.3, -0.25) is 4.79 Å². The Kier molecular flexibility index (Phi) is 7.41. The first-order valence-electron chi connectivity index (χ1n) is 7.88. The first-order valence-corrected chi connectivity index (χ1v) is 11.1. The van der Waals surface area contributed by atoms with Crippen LogP contribution in [0.4, 0.5) is 10.8 Å². The monoisotopic (exact) mass is 431 g/mol. The lowest BCUT2D eigenvalue weighted by molar-refractivity contribution is -0.113. The minimum absolute atomic E-state index is 0.0140. The van der Waals surface area contributed by atoms with Crippen LogP contribution in [-0.4, -0.2) is 62.3 Å². The fraction of sp³-hybridized carbons (Fsp3) is 0.400. The molecule has 9 nitrogen and oxygen atoms in total. The molecule has 0 aliphatic heterocycles. The highest BCUT2D eigenvalue weighted by Gasteiger charge is 2.23. The SMILES string of the molecule is CCNc1nnc(SCC(=O)Nc2ccc(OC)c(S(=O)(=O)N(C)C)c2)s1. The van der Waals surface area contributed by atoms with Gasteiger partial charge in [0.05, 0.1) is 12.9 Å². The van der Waals surface area contributed by atoms with Crippen LogP contribution in [0.25, 0.3) is 0 Å². The molecule has 0 aliphatic rings. The third-order valence-corrected chi connectivity index (χ3v) is 7.12. The second-order valence-corrected chi connectivity index (χ2v) is 9.71. The molecule has 0 aliphatic carbocycles. The zero-order chi connectivity index (χ0) is 20.0. The second kappa shape index (κ2) is 9.35. The van der Waals surface area contributed by atoms with Gasteiger partial charge in [-0.15, -0.1) is 10.2 Å². The van der Waals surface area contributed by atoms with E-state index < -0.39 is 10.0 Å². The summed E-state index contributed by atoms with van der Waals surface area (Å²) in [6.45, 7) is 2.71. The number of carbonyl (C=O) groups is 1. The van der Waals surface area contributed by atoms with Gasteiger partial charge in [0, 0.05) is 26.3 Å². The van der Waals surface area contributed by atoms with Crippen molar-refractivity contribution in [3.63, 3.8) is 0 Å². The van der Waals surface area contributed by atoms with Crippen molar-refractivity contribution in [1.29, 1.82) is 0 Å². The van der Waals surface area contributed by atoms with E-state index in [1.807, 2.05) is 6.92 Å². The lowest BCUT2D eigenvalue weighted by Crippen LogP contribution is -2.23. The van der Waals surface area contributed by atoms with Crippen LogP contribution in [0, 0.1) is 0 Å². The molecule has 0 bridgehead atoms. The molecule has 27 heavy (non-hydrogen) atoms. The van der Waals surface area contributed by atoms with Gasteiger partial charge in [0.15, 0.2) is 4.34 Å². The summed E-state index contributed by atoms with van der Waals surface area (Å²) in [6, 6.07) is 4.47. The number of aromatic nitrogens is 2. The summed E-state index contributed by atoms with van der Waals surface area (Å²) >= 11 is 2.63. The molecule has 0 unspecified atom stereocenters. The third kappa shape index (κ3) is 5.54. The second-order valence-electron chi connectivity index (χ2n) is 5.39. The van der Waals surface area contributed by atoms with E-state index in [1.54, 1.807) is 6.07 Å². The van der Waals surface area contributed by atoms with Crippen LogP contribution in [0.5, 0.6) is 5.75 Å². The average molecular weight is 432 g/mol. The molecule has 0 atom stereocenters. The van der Waals surface area contributed by atoms with Crippen molar-refractivity contribution in [2.45, 2.75) is 16.2 Å². The molecule has 0 spiro atoms. The summed E-state index contributed by atoms with van der Waals surface area (Å²) in [5, 5.41) is 14.4. The minimum Gasteiger partial charge on any atom is -0.495 e. The van der Waals surface area contributed by atoms with Gasteiger partial charge in [0.2, 0.25) is 21.1 Å². The topological polar surface area (TPSA) is 114 Å². The molecule has 12 heteroatoms. The van der Waals surface area contributed by atoms with Crippen LogP contribution in [0.3, 0.4) is 0 Å². The Morgan fingerprint density at radius 1 is 1.33 bits per heavy atom. The smallest absolute Gasteiger partial charge is 0.246 e. The molecule has 1 amide bonds. The Labute approximate surface area is 166 Å². The van der Waals surface area contributed by atoms with Crippen molar-refractivity contribution < 1.29 is 17.9 Å². The normalized spacial score (nSPS) is 11.4. The molecule has 0 fully saturated rings. The van der Waals surface area contributed by atoms with E-state index in [4.69, 9.17) is 4.74 Å². The number of nitrogens with one attached hydrogen (secondary N) is 2. The number of anilines is 2. The molecule has 148 valence electrons. The number of amides is 1. The molecular formula is C15H21N5O4S3. The van der Waals surface area contributed by atoms with Crippen LogP contribution >= 0.6 is 23.1 Å². The molecule has 2 aromatic rings. The van der Waals surface area contributed by atoms with Gasteiger partial charge >= 0.3 is 0 Å². The van der Waals surface area contributed by atoms with Crippen LogP contribution in [0.15, 0.2) is 27.4 Å². The van der Waals surface area contributed by atoms with E-state index >= 15 is 0 Å². The van der Waals surface area contributed by atoms with Crippen molar-refractivity contribution in [2.75, 3.05) is 44.1 Å². The first-order chi connectivity index (χ1) is 12.8.